The van der Waals surface area contributed by atoms with E-state index in [4.69, 9.17) is 0 Å². The molecule has 1 atom stereocenters. The highest BCUT2D eigenvalue weighted by Crippen LogP contribution is 2.30. The third kappa shape index (κ3) is 4.00. The van der Waals surface area contributed by atoms with Gasteiger partial charge in [-0.2, -0.15) is 11.8 Å². The molecular formula is C14H19FOS. The molecule has 17 heavy (non-hydrogen) atoms. The molecule has 1 aromatic rings. The summed E-state index contributed by atoms with van der Waals surface area (Å²) in [7, 11) is 0. The minimum Gasteiger partial charge on any atom is -0.392 e. The molecule has 94 valence electrons. The summed E-state index contributed by atoms with van der Waals surface area (Å²) in [5.74, 6) is 0.511. The summed E-state index contributed by atoms with van der Waals surface area (Å²) in [6.45, 7) is 0. The standard InChI is InChI=1S/C14H19FOS/c15-14-8-4-1-5-11(14)9-12(16)10-17-13-6-2-3-7-13/h1,4-5,8,12-13,16H,2-3,6-7,9-10H2. The first-order valence-corrected chi connectivity index (χ1v) is 7.33. The smallest absolute Gasteiger partial charge is 0.126 e. The van der Waals surface area contributed by atoms with Gasteiger partial charge in [-0.15, -0.1) is 0 Å². The first-order valence-electron chi connectivity index (χ1n) is 6.29. The van der Waals surface area contributed by atoms with Gasteiger partial charge in [0.05, 0.1) is 6.10 Å². The van der Waals surface area contributed by atoms with E-state index in [1.165, 1.54) is 31.7 Å². The number of hydrogen-bond donors (Lipinski definition) is 1. The summed E-state index contributed by atoms with van der Waals surface area (Å²) >= 11 is 1.84. The second-order valence-electron chi connectivity index (χ2n) is 4.69. The van der Waals surface area contributed by atoms with Crippen molar-refractivity contribution in [3.63, 3.8) is 0 Å². The molecule has 1 aliphatic carbocycles. The molecule has 1 aromatic carbocycles. The molecule has 0 heterocycles. The largest absolute Gasteiger partial charge is 0.392 e. The number of halogens is 1. The van der Waals surface area contributed by atoms with Crippen molar-refractivity contribution in [2.24, 2.45) is 0 Å². The van der Waals surface area contributed by atoms with Gasteiger partial charge in [-0.1, -0.05) is 31.0 Å². The predicted octanol–water partition coefficient (Wildman–Crippen LogP) is 3.40. The second kappa shape index (κ2) is 6.41. The van der Waals surface area contributed by atoms with Gasteiger partial charge in [0, 0.05) is 17.4 Å². The Hall–Kier alpha value is -0.540. The predicted molar refractivity (Wildman–Crippen MR) is 70.8 cm³/mol. The van der Waals surface area contributed by atoms with E-state index in [9.17, 15) is 9.50 Å². The van der Waals surface area contributed by atoms with Crippen molar-refractivity contribution < 1.29 is 9.50 Å². The van der Waals surface area contributed by atoms with Gasteiger partial charge in [0.2, 0.25) is 0 Å². The fourth-order valence-electron chi connectivity index (χ4n) is 2.28. The third-order valence-corrected chi connectivity index (χ3v) is 4.76. The van der Waals surface area contributed by atoms with E-state index in [1.807, 2.05) is 17.8 Å². The lowest BCUT2D eigenvalue weighted by Gasteiger charge is -2.14. The lowest BCUT2D eigenvalue weighted by atomic mass is 10.1. The minimum absolute atomic E-state index is 0.211. The van der Waals surface area contributed by atoms with Gasteiger partial charge < -0.3 is 5.11 Å². The summed E-state index contributed by atoms with van der Waals surface area (Å²) < 4.78 is 13.4. The highest BCUT2D eigenvalue weighted by Gasteiger charge is 2.17. The van der Waals surface area contributed by atoms with Gasteiger partial charge in [0.15, 0.2) is 0 Å². The number of hydrogen-bond acceptors (Lipinski definition) is 2. The zero-order valence-electron chi connectivity index (χ0n) is 9.94. The Morgan fingerprint density at radius 3 is 2.71 bits per heavy atom. The number of aliphatic hydroxyl groups is 1. The maximum atomic E-state index is 13.4. The average molecular weight is 254 g/mol. The Morgan fingerprint density at radius 2 is 2.00 bits per heavy atom. The van der Waals surface area contributed by atoms with E-state index in [1.54, 1.807) is 12.1 Å². The van der Waals surface area contributed by atoms with Crippen molar-refractivity contribution in [3.8, 4) is 0 Å². The maximum Gasteiger partial charge on any atom is 0.126 e. The minimum atomic E-state index is -0.433. The SMILES string of the molecule is OC(CSC1CCCC1)Cc1ccccc1F. The monoisotopic (exact) mass is 254 g/mol. The molecule has 0 bridgehead atoms. The van der Waals surface area contributed by atoms with Gasteiger partial charge in [-0.25, -0.2) is 4.39 Å². The summed E-state index contributed by atoms with van der Waals surface area (Å²) in [6, 6.07) is 6.69. The number of thioether (sulfide) groups is 1. The van der Waals surface area contributed by atoms with Gasteiger partial charge >= 0.3 is 0 Å². The molecular weight excluding hydrogens is 235 g/mol. The molecule has 0 spiro atoms. The van der Waals surface area contributed by atoms with E-state index in [-0.39, 0.29) is 5.82 Å². The number of benzene rings is 1. The van der Waals surface area contributed by atoms with Crippen LogP contribution in [0.1, 0.15) is 31.2 Å². The maximum absolute atomic E-state index is 13.4. The fourth-order valence-corrected chi connectivity index (χ4v) is 3.56. The van der Waals surface area contributed by atoms with Crippen LogP contribution >= 0.6 is 11.8 Å². The highest BCUT2D eigenvalue weighted by atomic mass is 32.2. The molecule has 0 aliphatic heterocycles. The second-order valence-corrected chi connectivity index (χ2v) is 6.02. The van der Waals surface area contributed by atoms with Crippen LogP contribution in [0.5, 0.6) is 0 Å². The molecule has 0 aromatic heterocycles. The van der Waals surface area contributed by atoms with Crippen LogP contribution in [0.15, 0.2) is 24.3 Å². The molecule has 1 aliphatic rings. The van der Waals surface area contributed by atoms with Crippen molar-refractivity contribution in [1.29, 1.82) is 0 Å². The van der Waals surface area contributed by atoms with Crippen LogP contribution in [0, 0.1) is 5.82 Å². The summed E-state index contributed by atoms with van der Waals surface area (Å²) in [5.41, 5.74) is 0.618. The highest BCUT2D eigenvalue weighted by molar-refractivity contribution is 7.99. The Kier molecular flexibility index (Phi) is 4.86. The topological polar surface area (TPSA) is 20.2 Å². The molecule has 1 N–H and O–H groups in total. The first-order chi connectivity index (χ1) is 8.25. The molecule has 0 radical (unpaired) electrons. The Bertz CT molecular complexity index is 350. The molecule has 1 nitrogen and oxygen atoms in total. The Labute approximate surface area is 106 Å². The lowest BCUT2D eigenvalue weighted by molar-refractivity contribution is 0.198. The van der Waals surface area contributed by atoms with E-state index >= 15 is 0 Å². The quantitative estimate of drug-likeness (QED) is 0.869. The van der Waals surface area contributed by atoms with Crippen LogP contribution in [-0.4, -0.2) is 22.2 Å². The van der Waals surface area contributed by atoms with Gasteiger partial charge in [0.1, 0.15) is 5.82 Å². The Balaban J connectivity index is 1.76. The van der Waals surface area contributed by atoms with Crippen molar-refractivity contribution in [2.45, 2.75) is 43.5 Å². The zero-order valence-corrected chi connectivity index (χ0v) is 10.8. The number of aliphatic hydroxyl groups excluding tert-OH is 1. The molecule has 2 rings (SSSR count). The van der Waals surface area contributed by atoms with Crippen LogP contribution in [0.25, 0.3) is 0 Å². The van der Waals surface area contributed by atoms with Crippen molar-refractivity contribution in [3.05, 3.63) is 35.6 Å². The van der Waals surface area contributed by atoms with Crippen LogP contribution in [0.4, 0.5) is 4.39 Å². The summed E-state index contributed by atoms with van der Waals surface area (Å²) in [4.78, 5) is 0. The molecule has 0 saturated heterocycles. The van der Waals surface area contributed by atoms with Crippen molar-refractivity contribution in [2.75, 3.05) is 5.75 Å². The van der Waals surface area contributed by atoms with Gasteiger partial charge in [0.25, 0.3) is 0 Å². The van der Waals surface area contributed by atoms with Crippen LogP contribution in [-0.2, 0) is 6.42 Å². The summed E-state index contributed by atoms with van der Waals surface area (Å²) in [6.07, 6.45) is 5.18. The van der Waals surface area contributed by atoms with Crippen molar-refractivity contribution >= 4 is 11.8 Å². The van der Waals surface area contributed by atoms with Crippen LogP contribution < -0.4 is 0 Å². The normalized spacial score (nSPS) is 18.5. The molecule has 0 amide bonds. The van der Waals surface area contributed by atoms with E-state index in [0.717, 1.165) is 5.75 Å². The summed E-state index contributed by atoms with van der Waals surface area (Å²) in [5, 5.41) is 10.6. The molecule has 3 heteroatoms. The van der Waals surface area contributed by atoms with E-state index in [2.05, 4.69) is 0 Å². The van der Waals surface area contributed by atoms with Crippen LogP contribution in [0.2, 0.25) is 0 Å². The average Bonchev–Trinajstić information content (AvgIpc) is 2.82. The van der Waals surface area contributed by atoms with Crippen molar-refractivity contribution in [1.82, 2.24) is 0 Å². The van der Waals surface area contributed by atoms with Gasteiger partial charge in [-0.05, 0) is 24.5 Å². The zero-order chi connectivity index (χ0) is 12.1. The lowest BCUT2D eigenvalue weighted by Crippen LogP contribution is -2.16. The third-order valence-electron chi connectivity index (χ3n) is 3.24. The number of rotatable bonds is 5. The Morgan fingerprint density at radius 1 is 1.29 bits per heavy atom. The van der Waals surface area contributed by atoms with E-state index in [0.29, 0.717) is 17.2 Å². The first kappa shape index (κ1) is 12.9. The molecule has 1 saturated carbocycles. The van der Waals surface area contributed by atoms with Crippen LogP contribution in [0.3, 0.4) is 0 Å². The van der Waals surface area contributed by atoms with Gasteiger partial charge in [-0.3, -0.25) is 0 Å². The molecule has 1 fully saturated rings. The van der Waals surface area contributed by atoms with E-state index < -0.39 is 6.10 Å². The fraction of sp³-hybridized carbons (Fsp3) is 0.571. The molecule has 1 unspecified atom stereocenters.